The number of aliphatic hydroxyl groups is 2. The van der Waals surface area contributed by atoms with Crippen LogP contribution < -0.4 is 11.0 Å². The van der Waals surface area contributed by atoms with E-state index in [2.05, 4.69) is 5.10 Å². The van der Waals surface area contributed by atoms with Gasteiger partial charge in [0.2, 0.25) is 5.91 Å². The van der Waals surface area contributed by atoms with Crippen LogP contribution in [0.15, 0.2) is 53.3 Å². The summed E-state index contributed by atoms with van der Waals surface area (Å²) in [4.78, 5) is 25.5. The molecular weight excluding hydrogens is 603 g/mol. The smallest absolute Gasteiger partial charge is 0.382 e. The van der Waals surface area contributed by atoms with Crippen molar-refractivity contribution >= 4 is 17.5 Å². The van der Waals surface area contributed by atoms with Crippen LogP contribution in [0.5, 0.6) is 0 Å². The van der Waals surface area contributed by atoms with Gasteiger partial charge in [-0.25, -0.2) is 9.48 Å². The van der Waals surface area contributed by atoms with Gasteiger partial charge in [0, 0.05) is 10.6 Å². The second-order valence-electron chi connectivity index (χ2n) is 8.59. The average molecular weight is 621 g/mol. The predicted molar refractivity (Wildman–Crippen MR) is 123 cm³/mol. The minimum Gasteiger partial charge on any atom is -0.382 e. The topological polar surface area (TPSA) is 109 Å². The number of hydrogen-bond donors (Lipinski definition) is 3. The minimum absolute atomic E-state index is 0.00867. The highest BCUT2D eigenvalue weighted by molar-refractivity contribution is 6.30. The maximum atomic E-state index is 13.3. The lowest BCUT2D eigenvalue weighted by Gasteiger charge is -2.26. The zero-order valence-electron chi connectivity index (χ0n) is 20.1. The molecule has 3 N–H and O–H groups in total. The molecule has 0 aliphatic heterocycles. The first kappa shape index (κ1) is 32.0. The number of nitrogens with zero attached hydrogens (tertiary/aromatic N) is 3. The van der Waals surface area contributed by atoms with E-state index < -0.39 is 78.4 Å². The fourth-order valence-electron chi connectivity index (χ4n) is 3.59. The Hall–Kier alpha value is -3.57. The lowest BCUT2D eigenvalue weighted by Crippen LogP contribution is -2.45. The number of aromatic nitrogens is 3. The molecule has 0 aliphatic carbocycles. The maximum Gasteiger partial charge on any atom is 0.416 e. The largest absolute Gasteiger partial charge is 0.416 e. The van der Waals surface area contributed by atoms with Crippen molar-refractivity contribution in [2.75, 3.05) is 0 Å². The van der Waals surface area contributed by atoms with Gasteiger partial charge >= 0.3 is 24.2 Å². The summed E-state index contributed by atoms with van der Waals surface area (Å²) in [6, 6.07) is 4.93. The molecule has 0 saturated carbocycles. The minimum atomic E-state index is -5.42. The lowest BCUT2D eigenvalue weighted by molar-refractivity contribution is -0.213. The fourth-order valence-corrected chi connectivity index (χ4v) is 3.72. The van der Waals surface area contributed by atoms with Crippen molar-refractivity contribution in [3.8, 4) is 11.4 Å². The zero-order chi connectivity index (χ0) is 30.9. The number of amides is 1. The van der Waals surface area contributed by atoms with Crippen LogP contribution in [-0.4, -0.2) is 55.0 Å². The summed E-state index contributed by atoms with van der Waals surface area (Å²) in [6.07, 6.45) is -22.0. The molecule has 0 spiro atoms. The Morgan fingerprint density at radius 2 is 1.56 bits per heavy atom. The molecule has 0 saturated heterocycles. The third-order valence-corrected chi connectivity index (χ3v) is 5.84. The van der Waals surface area contributed by atoms with Crippen LogP contribution in [-0.2, 0) is 24.1 Å². The number of nitrogens with one attached hydrogen (secondary N) is 1. The van der Waals surface area contributed by atoms with E-state index in [4.69, 9.17) is 11.6 Å². The van der Waals surface area contributed by atoms with E-state index >= 15 is 0 Å². The Balaban J connectivity index is 1.99. The fraction of sp³-hybridized carbons (Fsp3) is 0.348. The van der Waals surface area contributed by atoms with Crippen LogP contribution >= 0.6 is 11.6 Å². The van der Waals surface area contributed by atoms with Gasteiger partial charge in [-0.1, -0.05) is 23.7 Å². The molecule has 1 amide bonds. The third-order valence-electron chi connectivity index (χ3n) is 5.59. The number of benzene rings is 2. The standard InChI is InChI=1S/C23H18ClF9N4O4/c24-14-6-4-11(5-7-14)19-35-37(20(41)36(19)9-15(38)22(28,29)30)10-16(39)34-17(18(40)23(31,32)33)12-2-1-3-13(8-12)21(25,26)27/h1-8,15,17-18,38,40H,9-10H2,(H,34,39). The highest BCUT2D eigenvalue weighted by atomic mass is 35.5. The number of hydrogen-bond acceptors (Lipinski definition) is 5. The van der Waals surface area contributed by atoms with Crippen molar-refractivity contribution in [3.63, 3.8) is 0 Å². The molecule has 3 rings (SSSR count). The van der Waals surface area contributed by atoms with E-state index in [1.54, 1.807) is 5.32 Å². The Morgan fingerprint density at radius 3 is 2.10 bits per heavy atom. The lowest BCUT2D eigenvalue weighted by atomic mass is 9.98. The first-order chi connectivity index (χ1) is 18.8. The molecule has 18 heteroatoms. The number of alkyl halides is 9. The maximum absolute atomic E-state index is 13.3. The molecule has 224 valence electrons. The molecule has 3 aromatic rings. The van der Waals surface area contributed by atoms with Crippen LogP contribution in [0, 0.1) is 0 Å². The first-order valence-corrected chi connectivity index (χ1v) is 11.6. The molecule has 0 radical (unpaired) electrons. The van der Waals surface area contributed by atoms with Gasteiger partial charge in [0.05, 0.1) is 18.2 Å². The van der Waals surface area contributed by atoms with Crippen LogP contribution in [0.3, 0.4) is 0 Å². The van der Waals surface area contributed by atoms with Crippen LogP contribution in [0.25, 0.3) is 11.4 Å². The molecular formula is C23H18ClF9N4O4. The highest BCUT2D eigenvalue weighted by Gasteiger charge is 2.45. The van der Waals surface area contributed by atoms with Crippen LogP contribution in [0.4, 0.5) is 39.5 Å². The van der Waals surface area contributed by atoms with E-state index in [0.717, 1.165) is 12.1 Å². The van der Waals surface area contributed by atoms with Gasteiger partial charge in [-0.3, -0.25) is 9.36 Å². The summed E-state index contributed by atoms with van der Waals surface area (Å²) >= 11 is 5.78. The molecule has 1 heterocycles. The molecule has 2 aromatic carbocycles. The second-order valence-corrected chi connectivity index (χ2v) is 9.03. The molecule has 1 aromatic heterocycles. The van der Waals surface area contributed by atoms with Crippen LogP contribution in [0.2, 0.25) is 5.02 Å². The molecule has 3 atom stereocenters. The van der Waals surface area contributed by atoms with Crippen molar-refractivity contribution in [2.45, 2.75) is 49.9 Å². The second kappa shape index (κ2) is 11.7. The van der Waals surface area contributed by atoms with Gasteiger partial charge in [-0.2, -0.15) is 39.5 Å². The monoisotopic (exact) mass is 620 g/mol. The first-order valence-electron chi connectivity index (χ1n) is 11.2. The number of carbonyl (C=O) groups is 1. The Bertz CT molecular complexity index is 1430. The normalized spacial score (nSPS) is 14.9. The number of rotatable bonds is 8. The van der Waals surface area contributed by atoms with E-state index in [0.29, 0.717) is 10.6 Å². The van der Waals surface area contributed by atoms with E-state index in [9.17, 15) is 59.3 Å². The molecule has 0 fully saturated rings. The molecule has 41 heavy (non-hydrogen) atoms. The summed E-state index contributed by atoms with van der Waals surface area (Å²) < 4.78 is 119. The van der Waals surface area contributed by atoms with Crippen molar-refractivity contribution in [2.24, 2.45) is 0 Å². The van der Waals surface area contributed by atoms with Gasteiger partial charge in [-0.15, -0.1) is 5.10 Å². The zero-order valence-corrected chi connectivity index (χ0v) is 20.9. The van der Waals surface area contributed by atoms with Gasteiger partial charge in [0.15, 0.2) is 18.0 Å². The summed E-state index contributed by atoms with van der Waals surface area (Å²) in [5, 5.41) is 25.0. The van der Waals surface area contributed by atoms with E-state index in [1.807, 2.05) is 0 Å². The summed E-state index contributed by atoms with van der Waals surface area (Å²) in [5.41, 5.74) is -3.55. The molecule has 8 nitrogen and oxygen atoms in total. The average Bonchev–Trinajstić information content (AvgIpc) is 3.15. The Morgan fingerprint density at radius 1 is 0.951 bits per heavy atom. The summed E-state index contributed by atoms with van der Waals surface area (Å²) in [5.74, 6) is -1.95. The number of aliphatic hydroxyl groups excluding tert-OH is 2. The molecule has 3 unspecified atom stereocenters. The SMILES string of the molecule is O=C(Cn1nc(-c2ccc(Cl)cc2)n(CC(O)C(F)(F)F)c1=O)NC(c1cccc(C(F)(F)F)c1)C(O)C(F)(F)F. The molecule has 0 bridgehead atoms. The van der Waals surface area contributed by atoms with Crippen molar-refractivity contribution in [1.29, 1.82) is 0 Å². The van der Waals surface area contributed by atoms with Crippen LogP contribution in [0.1, 0.15) is 17.2 Å². The summed E-state index contributed by atoms with van der Waals surface area (Å²) in [6.45, 7) is -2.60. The van der Waals surface area contributed by atoms with Crippen molar-refractivity contribution < 1.29 is 54.5 Å². The van der Waals surface area contributed by atoms with Gasteiger partial charge in [0.25, 0.3) is 0 Å². The number of carbonyl (C=O) groups excluding carboxylic acids is 1. The number of halogens is 10. The van der Waals surface area contributed by atoms with Gasteiger partial charge in [-0.05, 0) is 42.0 Å². The van der Waals surface area contributed by atoms with Gasteiger partial charge in [0.1, 0.15) is 6.54 Å². The quantitative estimate of drug-likeness (QED) is 0.329. The van der Waals surface area contributed by atoms with Gasteiger partial charge < -0.3 is 15.5 Å². The van der Waals surface area contributed by atoms with E-state index in [-0.39, 0.29) is 21.3 Å². The van der Waals surface area contributed by atoms with Crippen molar-refractivity contribution in [1.82, 2.24) is 19.7 Å². The van der Waals surface area contributed by atoms with E-state index in [1.165, 1.54) is 24.3 Å². The summed E-state index contributed by atoms with van der Waals surface area (Å²) in [7, 11) is 0. The van der Waals surface area contributed by atoms with Crippen molar-refractivity contribution in [3.05, 3.63) is 75.2 Å². The highest BCUT2D eigenvalue weighted by Crippen LogP contribution is 2.34. The Kier molecular flexibility index (Phi) is 9.14. The predicted octanol–water partition coefficient (Wildman–Crippen LogP) is 4.09. The molecule has 0 aliphatic rings. The Labute approximate surface area is 228 Å². The third kappa shape index (κ3) is 7.80.